The van der Waals surface area contributed by atoms with Gasteiger partial charge in [0, 0.05) is 11.5 Å². The molecule has 4 N–H and O–H groups in total. The second kappa shape index (κ2) is 10.2. The molecule has 1 saturated carbocycles. The number of anilines is 1. The molecule has 2 aromatic carbocycles. The molecule has 9 nitrogen and oxygen atoms in total. The molecule has 0 spiro atoms. The van der Waals surface area contributed by atoms with E-state index in [-0.39, 0.29) is 28.8 Å². The third-order valence-corrected chi connectivity index (χ3v) is 7.66. The Hall–Kier alpha value is -4.09. The average Bonchev–Trinajstić information content (AvgIpc) is 3.53. The summed E-state index contributed by atoms with van der Waals surface area (Å²) in [6, 6.07) is 7.55. The normalized spacial score (nSPS) is 18.7. The maximum Gasteiger partial charge on any atom is 0.412 e. The number of tetrazole rings is 1. The molecule has 1 aliphatic carbocycles. The number of benzene rings is 2. The fraction of sp³-hybridized carbons (Fsp3) is 0.407. The molecular formula is C27H30F3N7O2. The number of hydrogen-bond donors (Lipinski definition) is 4. The van der Waals surface area contributed by atoms with Crippen molar-refractivity contribution in [2.24, 2.45) is 0 Å². The molecule has 0 amide bonds. The number of aromatic amines is 1. The molecule has 3 unspecified atom stereocenters. The Balaban J connectivity index is 1.48. The number of phenolic OH excluding ortho intramolecular Hbond substituents is 1. The first-order valence-electron chi connectivity index (χ1n) is 12.8. The maximum absolute atomic E-state index is 14.5. The van der Waals surface area contributed by atoms with Gasteiger partial charge in [-0.3, -0.25) is 0 Å². The lowest BCUT2D eigenvalue weighted by atomic mass is 9.77. The summed E-state index contributed by atoms with van der Waals surface area (Å²) < 4.78 is 44.6. The highest BCUT2D eigenvalue weighted by Crippen LogP contribution is 2.47. The van der Waals surface area contributed by atoms with Crippen LogP contribution in [-0.4, -0.2) is 46.8 Å². The summed E-state index contributed by atoms with van der Waals surface area (Å²) in [6.07, 6.45) is -1.78. The molecule has 0 aliphatic heterocycles. The van der Waals surface area contributed by atoms with Crippen LogP contribution in [-0.2, 0) is 0 Å². The Morgan fingerprint density at radius 1 is 1.05 bits per heavy atom. The monoisotopic (exact) mass is 541 g/mol. The number of halogens is 3. The molecule has 2 aromatic heterocycles. The van der Waals surface area contributed by atoms with Crippen molar-refractivity contribution in [1.29, 1.82) is 0 Å². The van der Waals surface area contributed by atoms with Crippen LogP contribution in [0.25, 0.3) is 5.69 Å². The lowest BCUT2D eigenvalue weighted by molar-refractivity contribution is -0.144. The van der Waals surface area contributed by atoms with Gasteiger partial charge in [0.25, 0.3) is 0 Å². The molecule has 39 heavy (non-hydrogen) atoms. The fourth-order valence-electron chi connectivity index (χ4n) is 5.40. The van der Waals surface area contributed by atoms with E-state index in [1.807, 2.05) is 19.9 Å². The van der Waals surface area contributed by atoms with Crippen LogP contribution in [0.2, 0.25) is 0 Å². The summed E-state index contributed by atoms with van der Waals surface area (Å²) in [4.78, 5) is 0. The highest BCUT2D eigenvalue weighted by atomic mass is 19.4. The molecule has 4 aromatic rings. The number of alkyl halides is 3. The van der Waals surface area contributed by atoms with Gasteiger partial charge < -0.3 is 15.5 Å². The molecule has 206 valence electrons. The van der Waals surface area contributed by atoms with Gasteiger partial charge in [0.15, 0.2) is 11.9 Å². The van der Waals surface area contributed by atoms with Crippen molar-refractivity contribution in [2.45, 2.75) is 70.5 Å². The number of para-hydroxylation sites is 1. The van der Waals surface area contributed by atoms with E-state index in [2.05, 4.69) is 31.0 Å². The average molecular weight is 542 g/mol. The number of phenols is 1. The van der Waals surface area contributed by atoms with Gasteiger partial charge in [-0.1, -0.05) is 30.7 Å². The van der Waals surface area contributed by atoms with Crippen LogP contribution in [0.5, 0.6) is 11.6 Å². The second-order valence-corrected chi connectivity index (χ2v) is 10.2. The van der Waals surface area contributed by atoms with Crippen molar-refractivity contribution in [3.05, 3.63) is 70.2 Å². The molecule has 0 saturated heterocycles. The van der Waals surface area contributed by atoms with Crippen molar-refractivity contribution in [3.8, 4) is 17.3 Å². The molecule has 12 heteroatoms. The van der Waals surface area contributed by atoms with Gasteiger partial charge in [0.2, 0.25) is 5.88 Å². The summed E-state index contributed by atoms with van der Waals surface area (Å²) in [7, 11) is 0. The van der Waals surface area contributed by atoms with Crippen LogP contribution in [0.1, 0.15) is 77.3 Å². The van der Waals surface area contributed by atoms with Crippen LogP contribution >= 0.6 is 0 Å². The van der Waals surface area contributed by atoms with Gasteiger partial charge in [0.1, 0.15) is 11.4 Å². The van der Waals surface area contributed by atoms with E-state index >= 15 is 0 Å². The minimum Gasteiger partial charge on any atom is -0.507 e. The van der Waals surface area contributed by atoms with E-state index < -0.39 is 23.8 Å². The maximum atomic E-state index is 14.5. The molecule has 2 heterocycles. The molecule has 5 rings (SSSR count). The van der Waals surface area contributed by atoms with Crippen molar-refractivity contribution < 1.29 is 23.4 Å². The molecule has 0 bridgehead atoms. The Morgan fingerprint density at radius 2 is 1.82 bits per heavy atom. The minimum absolute atomic E-state index is 0.0224. The first-order chi connectivity index (χ1) is 18.5. The summed E-state index contributed by atoms with van der Waals surface area (Å²) in [6.45, 7) is 5.36. The number of rotatable bonds is 6. The van der Waals surface area contributed by atoms with Crippen LogP contribution in [0.3, 0.4) is 0 Å². The second-order valence-electron chi connectivity index (χ2n) is 10.2. The summed E-state index contributed by atoms with van der Waals surface area (Å²) in [5.41, 5.74) is 2.67. The zero-order chi connectivity index (χ0) is 27.9. The van der Waals surface area contributed by atoms with Gasteiger partial charge in [-0.15, -0.1) is 5.10 Å². The van der Waals surface area contributed by atoms with E-state index in [0.717, 1.165) is 30.4 Å². The quantitative estimate of drug-likeness (QED) is 0.240. The highest BCUT2D eigenvalue weighted by molar-refractivity contribution is 5.61. The number of aryl methyl sites for hydroxylation is 3. The Kier molecular flexibility index (Phi) is 6.96. The van der Waals surface area contributed by atoms with Gasteiger partial charge in [-0.2, -0.15) is 23.0 Å². The van der Waals surface area contributed by atoms with E-state index in [1.165, 1.54) is 23.7 Å². The summed E-state index contributed by atoms with van der Waals surface area (Å²) >= 11 is 0. The van der Waals surface area contributed by atoms with Crippen LogP contribution in [0, 0.1) is 20.8 Å². The molecule has 1 fully saturated rings. The van der Waals surface area contributed by atoms with Crippen molar-refractivity contribution in [3.63, 3.8) is 0 Å². The number of aromatic nitrogens is 6. The molecular weight excluding hydrogens is 511 g/mol. The van der Waals surface area contributed by atoms with Crippen molar-refractivity contribution in [2.75, 3.05) is 5.32 Å². The van der Waals surface area contributed by atoms with Crippen molar-refractivity contribution >= 4 is 5.69 Å². The summed E-state index contributed by atoms with van der Waals surface area (Å²) in [5, 5.41) is 42.8. The van der Waals surface area contributed by atoms with Crippen molar-refractivity contribution in [1.82, 2.24) is 30.4 Å². The predicted octanol–water partition coefficient (Wildman–Crippen LogP) is 5.88. The first kappa shape index (κ1) is 26.5. The topological polar surface area (TPSA) is 125 Å². The predicted molar refractivity (Wildman–Crippen MR) is 138 cm³/mol. The van der Waals surface area contributed by atoms with Gasteiger partial charge in [-0.05, 0) is 85.2 Å². The van der Waals surface area contributed by atoms with Crippen LogP contribution in [0.15, 0.2) is 36.4 Å². The van der Waals surface area contributed by atoms with Gasteiger partial charge in [0.05, 0.1) is 11.4 Å². The Bertz CT molecular complexity index is 1470. The van der Waals surface area contributed by atoms with E-state index in [9.17, 15) is 23.4 Å². The number of nitrogens with one attached hydrogen (secondary N) is 2. The van der Waals surface area contributed by atoms with E-state index in [1.54, 1.807) is 18.2 Å². The van der Waals surface area contributed by atoms with E-state index in [0.29, 0.717) is 23.5 Å². The van der Waals surface area contributed by atoms with Gasteiger partial charge in [-0.25, -0.2) is 5.10 Å². The number of aromatic hydroxyl groups is 2. The fourth-order valence-corrected chi connectivity index (χ4v) is 5.40. The third kappa shape index (κ3) is 5.15. The van der Waals surface area contributed by atoms with Crippen LogP contribution in [0.4, 0.5) is 18.9 Å². The zero-order valence-electron chi connectivity index (χ0n) is 21.8. The molecule has 3 atom stereocenters. The van der Waals surface area contributed by atoms with E-state index in [4.69, 9.17) is 0 Å². The zero-order valence-corrected chi connectivity index (χ0v) is 21.8. The number of nitrogens with zero attached hydrogens (tertiary/aromatic N) is 5. The standard InChI is InChI=1S/C27H30F3N7O2/c1-14-10-11-19(12-15(14)2)37-26(39)22(16(3)34-37)31-24(27(28,29)30)21-9-5-8-20(23(21)38)17-6-4-7-18(13-17)25-32-35-36-33-25/h5,8-12,17-18,24,31,38-39H,4,6-7,13H2,1-3H3,(H,32,33,35,36). The third-order valence-electron chi connectivity index (χ3n) is 7.66. The SMILES string of the molecule is Cc1ccc(-n2nc(C)c(NC(c3cccc(C4CCCC(c5nnn[nH]5)C4)c3O)C(F)(F)F)c2O)cc1C. The Morgan fingerprint density at radius 3 is 2.51 bits per heavy atom. The minimum atomic E-state index is -4.78. The van der Waals surface area contributed by atoms with Crippen LogP contribution < -0.4 is 5.32 Å². The lowest BCUT2D eigenvalue weighted by Gasteiger charge is -2.30. The smallest absolute Gasteiger partial charge is 0.412 e. The largest absolute Gasteiger partial charge is 0.507 e. The number of hydrogen-bond acceptors (Lipinski definition) is 7. The molecule has 1 aliphatic rings. The van der Waals surface area contributed by atoms with Gasteiger partial charge >= 0.3 is 6.18 Å². The molecule has 0 radical (unpaired) electrons. The highest BCUT2D eigenvalue weighted by Gasteiger charge is 2.44. The Labute approximate surface area is 223 Å². The number of H-pyrrole nitrogens is 1. The lowest BCUT2D eigenvalue weighted by Crippen LogP contribution is -2.28. The first-order valence-corrected chi connectivity index (χ1v) is 12.8. The summed E-state index contributed by atoms with van der Waals surface area (Å²) in [5.74, 6) is -0.361.